The van der Waals surface area contributed by atoms with Crippen LogP contribution in [0.3, 0.4) is 0 Å². The summed E-state index contributed by atoms with van der Waals surface area (Å²) < 4.78 is 75.6. The van der Waals surface area contributed by atoms with E-state index in [-0.39, 0.29) is 17.9 Å². The number of nitrogen functional groups attached to an aromatic ring is 1. The smallest absolute Gasteiger partial charge is 0.314 e. The van der Waals surface area contributed by atoms with Crippen LogP contribution in [0.2, 0.25) is 0 Å². The number of nitrogens with zero attached hydrogens (tertiary/aromatic N) is 5. The first-order valence-corrected chi connectivity index (χ1v) is 15.9. The van der Waals surface area contributed by atoms with Crippen LogP contribution in [0.1, 0.15) is 22.5 Å². The van der Waals surface area contributed by atoms with E-state index in [1.807, 2.05) is 0 Å². The van der Waals surface area contributed by atoms with Gasteiger partial charge in [0.1, 0.15) is 35.8 Å². The molecular formula is C38H32F4N6O6. The lowest BCUT2D eigenvalue weighted by Crippen LogP contribution is -2.01. The van der Waals surface area contributed by atoms with Gasteiger partial charge in [-0.05, 0) is 77.9 Å². The maximum atomic E-state index is 14.1. The highest BCUT2D eigenvalue weighted by Gasteiger charge is 2.21. The first-order chi connectivity index (χ1) is 25.9. The zero-order valence-electron chi connectivity index (χ0n) is 29.3. The molecule has 2 N–H and O–H groups in total. The van der Waals surface area contributed by atoms with Crippen molar-refractivity contribution in [3.63, 3.8) is 0 Å². The molecule has 0 amide bonds. The molecule has 2 heterocycles. The molecule has 0 atom stereocenters. The molecule has 0 bridgehead atoms. The number of hydrogen-bond donors (Lipinski definition) is 1. The van der Waals surface area contributed by atoms with Crippen molar-refractivity contribution in [1.29, 1.82) is 0 Å². The number of aromatic nitrogens is 4. The first kappa shape index (κ1) is 38.4. The van der Waals surface area contributed by atoms with Gasteiger partial charge in [-0.2, -0.15) is 0 Å². The number of rotatable bonds is 11. The Kier molecular flexibility index (Phi) is 12.2. The van der Waals surface area contributed by atoms with E-state index in [1.165, 1.54) is 82.5 Å². The first-order valence-electron chi connectivity index (χ1n) is 15.9. The number of benzene rings is 4. The van der Waals surface area contributed by atoms with Crippen molar-refractivity contribution in [3.8, 4) is 45.5 Å². The summed E-state index contributed by atoms with van der Waals surface area (Å²) in [5.41, 5.74) is 9.47. The van der Waals surface area contributed by atoms with E-state index in [4.69, 9.17) is 24.7 Å². The van der Waals surface area contributed by atoms with Crippen LogP contribution in [-0.4, -0.2) is 53.3 Å². The average molecular weight is 745 g/mol. The molecule has 0 aliphatic carbocycles. The van der Waals surface area contributed by atoms with Crippen molar-refractivity contribution in [3.05, 3.63) is 141 Å². The monoisotopic (exact) mass is 744 g/mol. The second-order valence-electron chi connectivity index (χ2n) is 11.4. The van der Waals surface area contributed by atoms with Gasteiger partial charge in [0, 0.05) is 41.4 Å². The van der Waals surface area contributed by atoms with E-state index >= 15 is 0 Å². The molecule has 0 spiro atoms. The predicted octanol–water partition coefficient (Wildman–Crippen LogP) is 7.55. The van der Waals surface area contributed by atoms with Gasteiger partial charge in [-0.3, -0.25) is 10.1 Å². The Balaban J connectivity index is 0.000000208. The molecule has 0 aliphatic rings. The largest absolute Gasteiger partial charge is 0.496 e. The van der Waals surface area contributed by atoms with Gasteiger partial charge in [0.25, 0.3) is 0 Å². The molecule has 54 heavy (non-hydrogen) atoms. The van der Waals surface area contributed by atoms with Crippen molar-refractivity contribution < 1.29 is 41.4 Å². The molecule has 0 radical (unpaired) electrons. The van der Waals surface area contributed by atoms with Gasteiger partial charge < -0.3 is 24.7 Å². The number of hydrogen-bond acceptors (Lipinski definition) is 11. The molecule has 0 aliphatic heterocycles. The van der Waals surface area contributed by atoms with Crippen molar-refractivity contribution in [2.75, 3.05) is 34.2 Å². The SMILES string of the molecule is COc1ccc(F)cc1-c1cc(Cc2cc(F)c(OC)c([N+](=O)[O-])c2)ncn1.COc1ccc(F)cc1-c1cc(Cc2cc(N)c(OC)c(F)c2)ncn1. The van der Waals surface area contributed by atoms with E-state index in [1.54, 1.807) is 18.2 Å². The Bertz CT molecular complexity index is 2290. The van der Waals surface area contributed by atoms with Crippen LogP contribution in [0, 0.1) is 33.4 Å². The number of anilines is 1. The Labute approximate surface area is 306 Å². The number of ether oxygens (including phenoxy) is 4. The fourth-order valence-electron chi connectivity index (χ4n) is 5.53. The second-order valence-corrected chi connectivity index (χ2v) is 11.4. The summed E-state index contributed by atoms with van der Waals surface area (Å²) in [6.45, 7) is 0. The highest BCUT2D eigenvalue weighted by molar-refractivity contribution is 5.68. The van der Waals surface area contributed by atoms with Crippen LogP contribution in [-0.2, 0) is 12.8 Å². The third kappa shape index (κ3) is 8.96. The van der Waals surface area contributed by atoms with Crippen molar-refractivity contribution >= 4 is 11.4 Å². The highest BCUT2D eigenvalue weighted by Crippen LogP contribution is 2.34. The Morgan fingerprint density at radius 1 is 0.611 bits per heavy atom. The lowest BCUT2D eigenvalue weighted by Gasteiger charge is -2.10. The fourth-order valence-corrected chi connectivity index (χ4v) is 5.53. The molecule has 0 saturated heterocycles. The number of halogens is 4. The van der Waals surface area contributed by atoms with Gasteiger partial charge in [0.15, 0.2) is 17.4 Å². The number of nitro groups is 1. The fraction of sp³-hybridized carbons (Fsp3) is 0.158. The van der Waals surface area contributed by atoms with E-state index in [0.29, 0.717) is 62.9 Å². The minimum Gasteiger partial charge on any atom is -0.496 e. The van der Waals surface area contributed by atoms with Gasteiger partial charge in [0.05, 0.1) is 50.4 Å². The summed E-state index contributed by atoms with van der Waals surface area (Å²) in [5.74, 6) is -1.72. The van der Waals surface area contributed by atoms with Crippen molar-refractivity contribution in [2.45, 2.75) is 12.8 Å². The molecule has 6 rings (SSSR count). The molecule has 278 valence electrons. The summed E-state index contributed by atoms with van der Waals surface area (Å²) in [5, 5.41) is 11.2. The van der Waals surface area contributed by atoms with Gasteiger partial charge in [0.2, 0.25) is 5.75 Å². The van der Waals surface area contributed by atoms with Crippen LogP contribution < -0.4 is 24.7 Å². The number of nitro benzene ring substituents is 1. The van der Waals surface area contributed by atoms with Crippen LogP contribution in [0.25, 0.3) is 22.5 Å². The summed E-state index contributed by atoms with van der Waals surface area (Å²) >= 11 is 0. The summed E-state index contributed by atoms with van der Waals surface area (Å²) in [6, 6.07) is 16.9. The molecule has 4 aromatic carbocycles. The van der Waals surface area contributed by atoms with Crippen molar-refractivity contribution in [1.82, 2.24) is 19.9 Å². The molecule has 0 saturated carbocycles. The van der Waals surface area contributed by atoms with Gasteiger partial charge >= 0.3 is 5.69 Å². The maximum absolute atomic E-state index is 14.1. The predicted molar refractivity (Wildman–Crippen MR) is 191 cm³/mol. The molecule has 0 unspecified atom stereocenters. The zero-order chi connectivity index (χ0) is 38.9. The Hall–Kier alpha value is -6.84. The third-order valence-corrected chi connectivity index (χ3v) is 7.91. The number of nitrogens with two attached hydrogens (primary N) is 1. The quantitative estimate of drug-likeness (QED) is 0.0605. The maximum Gasteiger partial charge on any atom is 0.314 e. The highest BCUT2D eigenvalue weighted by atomic mass is 19.1. The zero-order valence-corrected chi connectivity index (χ0v) is 29.3. The molecule has 0 fully saturated rings. The van der Waals surface area contributed by atoms with E-state index < -0.39 is 39.6 Å². The van der Waals surface area contributed by atoms with E-state index in [2.05, 4.69) is 19.9 Å². The van der Waals surface area contributed by atoms with Gasteiger partial charge in [-0.1, -0.05) is 0 Å². The minimum absolute atomic E-state index is 0.0154. The minimum atomic E-state index is -0.840. The lowest BCUT2D eigenvalue weighted by molar-refractivity contribution is -0.386. The van der Waals surface area contributed by atoms with Crippen molar-refractivity contribution in [2.24, 2.45) is 0 Å². The molecule has 12 nitrogen and oxygen atoms in total. The van der Waals surface area contributed by atoms with Gasteiger partial charge in [-0.15, -0.1) is 0 Å². The normalized spacial score (nSPS) is 10.6. The lowest BCUT2D eigenvalue weighted by atomic mass is 10.0. The summed E-state index contributed by atoms with van der Waals surface area (Å²) in [4.78, 5) is 27.1. The second kappa shape index (κ2) is 17.1. The molecule has 16 heteroatoms. The summed E-state index contributed by atoms with van der Waals surface area (Å²) in [6.07, 6.45) is 3.09. The Morgan fingerprint density at radius 2 is 1.07 bits per heavy atom. The third-order valence-electron chi connectivity index (χ3n) is 7.91. The molecule has 2 aromatic heterocycles. The standard InChI is InChI=1S/C19H15F2N3O4.C19H17F2N3O2/c1-27-18-4-3-12(20)8-14(18)16-9-13(22-10-23-16)5-11-6-15(21)19(28-2)17(7-11)24(25)26;1-25-18-4-3-12(20)8-14(18)17-9-13(23-10-24-17)5-11-6-15(21)19(26-2)16(22)7-11/h3-4,6-10H,5H2,1-2H3;3-4,6-10H,5,22H2,1-2H3. The summed E-state index contributed by atoms with van der Waals surface area (Å²) in [7, 11) is 5.48. The van der Waals surface area contributed by atoms with Crippen LogP contribution in [0.15, 0.2) is 85.5 Å². The molecular weight excluding hydrogens is 712 g/mol. The average Bonchev–Trinajstić information content (AvgIpc) is 3.15. The Morgan fingerprint density at radius 3 is 1.50 bits per heavy atom. The van der Waals surface area contributed by atoms with Crippen LogP contribution in [0.4, 0.5) is 28.9 Å². The number of methoxy groups -OCH3 is 4. The van der Waals surface area contributed by atoms with Gasteiger partial charge in [-0.25, -0.2) is 37.5 Å². The van der Waals surface area contributed by atoms with E-state index in [0.717, 1.165) is 13.2 Å². The van der Waals surface area contributed by atoms with E-state index in [9.17, 15) is 27.7 Å². The molecule has 6 aromatic rings. The topological polar surface area (TPSA) is 158 Å². The van der Waals surface area contributed by atoms with Crippen LogP contribution >= 0.6 is 0 Å². The van der Waals surface area contributed by atoms with Crippen LogP contribution in [0.5, 0.6) is 23.0 Å².